The summed E-state index contributed by atoms with van der Waals surface area (Å²) in [7, 11) is -3.41. The number of amides is 1. The highest BCUT2D eigenvalue weighted by Crippen LogP contribution is 2.23. The summed E-state index contributed by atoms with van der Waals surface area (Å²) in [6, 6.07) is 7.40. The topological polar surface area (TPSA) is 92.5 Å². The Labute approximate surface area is 144 Å². The number of carbonyl (C=O) groups is 1. The summed E-state index contributed by atoms with van der Waals surface area (Å²) in [5.41, 5.74) is 7.21. The Morgan fingerprint density at radius 2 is 2.17 bits per heavy atom. The molecule has 24 heavy (non-hydrogen) atoms. The second kappa shape index (κ2) is 8.60. The molecule has 0 spiro atoms. The van der Waals surface area contributed by atoms with Crippen LogP contribution in [0.15, 0.2) is 24.3 Å². The number of rotatable bonds is 7. The van der Waals surface area contributed by atoms with Gasteiger partial charge in [0.25, 0.3) is 0 Å². The van der Waals surface area contributed by atoms with Gasteiger partial charge in [0.2, 0.25) is 15.9 Å². The van der Waals surface area contributed by atoms with Crippen molar-refractivity contribution in [2.75, 3.05) is 19.6 Å². The van der Waals surface area contributed by atoms with Crippen LogP contribution in [0.4, 0.5) is 0 Å². The van der Waals surface area contributed by atoms with E-state index >= 15 is 0 Å². The maximum atomic E-state index is 12.8. The fraction of sp³-hybridized carbons (Fsp3) is 0.588. The number of piperidine rings is 1. The Kier molecular flexibility index (Phi) is 6.77. The molecule has 3 N–H and O–H groups in total. The van der Waals surface area contributed by atoms with Crippen molar-refractivity contribution in [3.8, 4) is 0 Å². The van der Waals surface area contributed by atoms with E-state index in [0.29, 0.717) is 19.6 Å². The van der Waals surface area contributed by atoms with Crippen LogP contribution < -0.4 is 11.1 Å². The molecule has 1 aromatic rings. The molecule has 134 valence electrons. The van der Waals surface area contributed by atoms with Crippen molar-refractivity contribution in [2.45, 2.75) is 44.4 Å². The van der Waals surface area contributed by atoms with Crippen LogP contribution in [0.5, 0.6) is 0 Å². The van der Waals surface area contributed by atoms with Crippen LogP contribution in [-0.4, -0.2) is 44.3 Å². The van der Waals surface area contributed by atoms with Crippen molar-refractivity contribution in [2.24, 2.45) is 5.73 Å². The number of hydrogen-bond donors (Lipinski definition) is 2. The average molecular weight is 353 g/mol. The molecule has 1 amide bonds. The molecular weight excluding hydrogens is 326 g/mol. The lowest BCUT2D eigenvalue weighted by atomic mass is 10.1. The van der Waals surface area contributed by atoms with Crippen molar-refractivity contribution in [1.29, 1.82) is 0 Å². The first-order valence-corrected chi connectivity index (χ1v) is 10.0. The third-order valence-corrected chi connectivity index (χ3v) is 6.16. The molecule has 0 bridgehead atoms. The van der Waals surface area contributed by atoms with Gasteiger partial charge in [0, 0.05) is 32.1 Å². The normalized spacial score (nSPS) is 19.2. The molecule has 1 aliphatic rings. The molecule has 0 radical (unpaired) electrons. The lowest BCUT2D eigenvalue weighted by molar-refractivity contribution is -0.121. The Morgan fingerprint density at radius 1 is 1.38 bits per heavy atom. The van der Waals surface area contributed by atoms with Crippen molar-refractivity contribution in [1.82, 2.24) is 9.62 Å². The van der Waals surface area contributed by atoms with Crippen LogP contribution in [0.25, 0.3) is 0 Å². The predicted molar refractivity (Wildman–Crippen MR) is 94.8 cm³/mol. The summed E-state index contributed by atoms with van der Waals surface area (Å²) in [5, 5.41) is 2.80. The number of nitrogens with zero attached hydrogens (tertiary/aromatic N) is 1. The van der Waals surface area contributed by atoms with Gasteiger partial charge in [-0.1, -0.05) is 36.2 Å². The Balaban J connectivity index is 2.06. The van der Waals surface area contributed by atoms with Crippen molar-refractivity contribution >= 4 is 15.9 Å². The summed E-state index contributed by atoms with van der Waals surface area (Å²) in [6.45, 7) is 3.12. The molecular formula is C17H27N3O3S. The van der Waals surface area contributed by atoms with E-state index in [1.165, 1.54) is 0 Å². The van der Waals surface area contributed by atoms with Crippen LogP contribution in [0.2, 0.25) is 0 Å². The second-order valence-corrected chi connectivity index (χ2v) is 8.27. The molecule has 1 fully saturated rings. The molecule has 1 atom stereocenters. The van der Waals surface area contributed by atoms with E-state index in [2.05, 4.69) is 5.32 Å². The van der Waals surface area contributed by atoms with Crippen LogP contribution in [-0.2, 0) is 20.6 Å². The van der Waals surface area contributed by atoms with Crippen LogP contribution in [0, 0.1) is 6.92 Å². The largest absolute Gasteiger partial charge is 0.354 e. The Morgan fingerprint density at radius 3 is 2.88 bits per heavy atom. The molecule has 1 heterocycles. The van der Waals surface area contributed by atoms with E-state index in [4.69, 9.17) is 5.73 Å². The third-order valence-electron chi connectivity index (χ3n) is 4.27. The van der Waals surface area contributed by atoms with Crippen molar-refractivity contribution in [3.05, 3.63) is 35.4 Å². The fourth-order valence-electron chi connectivity index (χ4n) is 3.09. The number of carbonyl (C=O) groups excluding carboxylic acids is 1. The first kappa shape index (κ1) is 18.9. The molecule has 0 aliphatic carbocycles. The zero-order valence-corrected chi connectivity index (χ0v) is 15.0. The molecule has 2 rings (SSSR count). The molecule has 1 aliphatic heterocycles. The van der Waals surface area contributed by atoms with Gasteiger partial charge in [0.1, 0.15) is 0 Å². The first-order valence-electron chi connectivity index (χ1n) is 8.44. The van der Waals surface area contributed by atoms with Gasteiger partial charge in [-0.05, 0) is 25.3 Å². The van der Waals surface area contributed by atoms with Gasteiger partial charge in [0.05, 0.1) is 5.75 Å². The molecule has 1 unspecified atom stereocenters. The van der Waals surface area contributed by atoms with Crippen molar-refractivity contribution in [3.63, 3.8) is 0 Å². The van der Waals surface area contributed by atoms with E-state index in [1.807, 2.05) is 31.2 Å². The Bertz CT molecular complexity index is 661. The smallest absolute Gasteiger partial charge is 0.221 e. The highest BCUT2D eigenvalue weighted by molar-refractivity contribution is 7.88. The number of aryl methyl sites for hydroxylation is 1. The molecule has 7 heteroatoms. The van der Waals surface area contributed by atoms with E-state index in [0.717, 1.165) is 30.4 Å². The van der Waals surface area contributed by atoms with Gasteiger partial charge in [-0.2, -0.15) is 4.31 Å². The molecule has 1 saturated heterocycles. The highest BCUT2D eigenvalue weighted by atomic mass is 32.2. The molecule has 0 aromatic heterocycles. The zero-order valence-electron chi connectivity index (χ0n) is 14.2. The van der Waals surface area contributed by atoms with E-state index in [-0.39, 0.29) is 24.1 Å². The van der Waals surface area contributed by atoms with E-state index < -0.39 is 10.0 Å². The number of benzene rings is 1. The minimum absolute atomic E-state index is 0.00191. The maximum Gasteiger partial charge on any atom is 0.221 e. The SMILES string of the molecule is Cc1cccc(CS(=O)(=O)N2CCCCC2CNC(=O)CCN)c1. The van der Waals surface area contributed by atoms with Gasteiger partial charge < -0.3 is 11.1 Å². The summed E-state index contributed by atoms with van der Waals surface area (Å²) < 4.78 is 27.3. The summed E-state index contributed by atoms with van der Waals surface area (Å²) in [4.78, 5) is 11.6. The van der Waals surface area contributed by atoms with Crippen LogP contribution in [0.1, 0.15) is 36.8 Å². The highest BCUT2D eigenvalue weighted by Gasteiger charge is 2.32. The van der Waals surface area contributed by atoms with Crippen LogP contribution in [0.3, 0.4) is 0 Å². The van der Waals surface area contributed by atoms with Gasteiger partial charge in [0.15, 0.2) is 0 Å². The summed E-state index contributed by atoms with van der Waals surface area (Å²) >= 11 is 0. The average Bonchev–Trinajstić information content (AvgIpc) is 2.53. The first-order chi connectivity index (χ1) is 11.4. The monoisotopic (exact) mass is 353 g/mol. The number of sulfonamides is 1. The molecule has 0 saturated carbocycles. The minimum Gasteiger partial charge on any atom is -0.354 e. The van der Waals surface area contributed by atoms with Crippen LogP contribution >= 0.6 is 0 Å². The maximum absolute atomic E-state index is 12.8. The van der Waals surface area contributed by atoms with E-state index in [1.54, 1.807) is 4.31 Å². The Hall–Kier alpha value is -1.44. The second-order valence-electron chi connectivity index (χ2n) is 6.35. The van der Waals surface area contributed by atoms with Gasteiger partial charge in [-0.15, -0.1) is 0 Å². The minimum atomic E-state index is -3.41. The molecule has 6 nitrogen and oxygen atoms in total. The lowest BCUT2D eigenvalue weighted by Crippen LogP contribution is -2.49. The van der Waals surface area contributed by atoms with Gasteiger partial charge in [-0.25, -0.2) is 8.42 Å². The quantitative estimate of drug-likeness (QED) is 0.769. The lowest BCUT2D eigenvalue weighted by Gasteiger charge is -2.34. The van der Waals surface area contributed by atoms with Crippen molar-refractivity contribution < 1.29 is 13.2 Å². The van der Waals surface area contributed by atoms with Gasteiger partial charge in [-0.3, -0.25) is 4.79 Å². The number of nitrogens with one attached hydrogen (secondary N) is 1. The van der Waals surface area contributed by atoms with Gasteiger partial charge >= 0.3 is 0 Å². The number of nitrogens with two attached hydrogens (primary N) is 1. The standard InChI is InChI=1S/C17H27N3O3S/c1-14-5-4-6-15(11-14)13-24(22,23)20-10-3-2-7-16(20)12-19-17(21)8-9-18/h4-6,11,16H,2-3,7-10,12-13,18H2,1H3,(H,19,21). The molecule has 1 aromatic carbocycles. The summed E-state index contributed by atoms with van der Waals surface area (Å²) in [6.07, 6.45) is 2.88. The fourth-order valence-corrected chi connectivity index (χ4v) is 4.90. The number of hydrogen-bond acceptors (Lipinski definition) is 4. The third kappa shape index (κ3) is 5.29. The summed E-state index contributed by atoms with van der Waals surface area (Å²) in [5.74, 6) is -0.124. The predicted octanol–water partition coefficient (Wildman–Crippen LogP) is 1.14. The van der Waals surface area contributed by atoms with E-state index in [9.17, 15) is 13.2 Å². The zero-order chi connectivity index (χ0) is 17.6.